The van der Waals surface area contributed by atoms with Gasteiger partial charge in [0, 0.05) is 58.5 Å². The number of Topliss-reactive ketones (excluding diaryl/α,β-unsaturated/α-hetero) is 2. The summed E-state index contributed by atoms with van der Waals surface area (Å²) in [6.07, 6.45) is 0.678. The Labute approximate surface area is 366 Å². The third-order valence-corrected chi connectivity index (χ3v) is 13.5. The van der Waals surface area contributed by atoms with Gasteiger partial charge in [-0.1, -0.05) is 85.2 Å². The smallest absolute Gasteiger partial charge is 0.309 e. The van der Waals surface area contributed by atoms with Crippen molar-refractivity contribution >= 4 is 39.5 Å². The number of ether oxygens (including phenoxy) is 3. The van der Waals surface area contributed by atoms with Gasteiger partial charge in [0.1, 0.15) is 18.1 Å². The van der Waals surface area contributed by atoms with E-state index < -0.39 is 70.5 Å². The average Bonchev–Trinajstić information content (AvgIpc) is 3.68. The number of rotatable bonds is 27. The molecule has 0 saturated carbocycles. The molecule has 9 atom stereocenters. The molecule has 1 aliphatic heterocycles. The van der Waals surface area contributed by atoms with Gasteiger partial charge in [0.25, 0.3) is 10.1 Å². The second kappa shape index (κ2) is 25.2. The van der Waals surface area contributed by atoms with Crippen molar-refractivity contribution < 1.29 is 51.2 Å². The van der Waals surface area contributed by atoms with Crippen molar-refractivity contribution in [2.24, 2.45) is 35.5 Å². The van der Waals surface area contributed by atoms with Gasteiger partial charge in [-0.05, 0) is 63.5 Å². The largest absolute Gasteiger partial charge is 0.464 e. The van der Waals surface area contributed by atoms with Crippen LogP contribution < -0.4 is 0 Å². The molecule has 0 unspecified atom stereocenters. The highest BCUT2D eigenvalue weighted by atomic mass is 32.2. The van der Waals surface area contributed by atoms with E-state index in [2.05, 4.69) is 18.7 Å². The molecule has 0 aromatic heterocycles. The number of likely N-dealkylation sites (tertiary alicyclic amines) is 1. The van der Waals surface area contributed by atoms with Gasteiger partial charge in [-0.3, -0.25) is 33.4 Å². The van der Waals surface area contributed by atoms with E-state index in [1.54, 1.807) is 30.9 Å². The number of amides is 2. The Balaban J connectivity index is 2.32. The molecule has 2 amide bonds. The number of benzene rings is 1. The lowest BCUT2D eigenvalue weighted by atomic mass is 9.83. The summed E-state index contributed by atoms with van der Waals surface area (Å²) in [6, 6.07) is 7.99. The summed E-state index contributed by atoms with van der Waals surface area (Å²) >= 11 is 0. The zero-order valence-electron chi connectivity index (χ0n) is 39.2. The summed E-state index contributed by atoms with van der Waals surface area (Å²) in [5.41, 5.74) is 0.786. The minimum absolute atomic E-state index is 0.0210. The summed E-state index contributed by atoms with van der Waals surface area (Å²) in [5.74, 6) is -4.42. The van der Waals surface area contributed by atoms with Crippen LogP contribution in [0.25, 0.3) is 0 Å². The number of hydrogen-bond acceptors (Lipinski definition) is 11. The minimum Gasteiger partial charge on any atom is -0.464 e. The molecule has 1 fully saturated rings. The van der Waals surface area contributed by atoms with Crippen molar-refractivity contribution in [1.82, 2.24) is 14.7 Å². The first-order valence-corrected chi connectivity index (χ1v) is 23.7. The highest BCUT2D eigenvalue weighted by Crippen LogP contribution is 2.32. The van der Waals surface area contributed by atoms with E-state index in [1.165, 1.54) is 7.11 Å². The molecule has 2 rings (SSSR count). The minimum atomic E-state index is -4.36. The zero-order chi connectivity index (χ0) is 46.4. The molecule has 0 spiro atoms. The van der Waals surface area contributed by atoms with Gasteiger partial charge in [0.2, 0.25) is 11.8 Å². The fourth-order valence-corrected chi connectivity index (χ4v) is 9.16. The highest BCUT2D eigenvalue weighted by molar-refractivity contribution is 7.85. The number of ketones is 2. The first-order chi connectivity index (χ1) is 28.5. The summed E-state index contributed by atoms with van der Waals surface area (Å²) in [6.45, 7) is 17.8. The molecule has 1 N–H and O–H groups in total. The second-order valence-corrected chi connectivity index (χ2v) is 19.6. The predicted molar refractivity (Wildman–Crippen MR) is 236 cm³/mol. The van der Waals surface area contributed by atoms with Crippen LogP contribution in [0.5, 0.6) is 0 Å². The van der Waals surface area contributed by atoms with E-state index in [0.717, 1.165) is 5.56 Å². The van der Waals surface area contributed by atoms with E-state index in [9.17, 15) is 32.4 Å². The van der Waals surface area contributed by atoms with Crippen LogP contribution in [0.2, 0.25) is 0 Å². The Bertz CT molecular complexity index is 1670. The fraction of sp³-hybridized carbons (Fsp3) is 0.761. The first-order valence-electron chi connectivity index (χ1n) is 22.1. The number of nitrogens with zero attached hydrogens (tertiary/aromatic N) is 3. The summed E-state index contributed by atoms with van der Waals surface area (Å²) in [4.78, 5) is 75.4. The number of carbonyl (C=O) groups excluding carboxylic acids is 5. The molecule has 1 aromatic rings. The van der Waals surface area contributed by atoms with Gasteiger partial charge in [-0.15, -0.1) is 0 Å². The molecular weight excluding hydrogens is 803 g/mol. The topological polar surface area (TPSA) is 177 Å². The van der Waals surface area contributed by atoms with Crippen LogP contribution in [-0.2, 0) is 54.7 Å². The molecule has 61 heavy (non-hydrogen) atoms. The van der Waals surface area contributed by atoms with Crippen LogP contribution in [0, 0.1) is 35.5 Å². The Morgan fingerprint density at radius 1 is 0.869 bits per heavy atom. The van der Waals surface area contributed by atoms with Crippen molar-refractivity contribution in [2.75, 3.05) is 47.2 Å². The lowest BCUT2D eigenvalue weighted by molar-refractivity contribution is -0.151. The number of methoxy groups -OCH3 is 2. The SMILES string of the molecule is CC[C@H](C)[C@@H]([C@@H](CC(=O)N1CCC[C@H]1[C@H](OC)[C@@H](C)C(=O)C[C@@H](Cc1ccccc1)C(=O)OCCS(=O)(=O)O)OC)N(C)C(=O)[C@@H](CC(=O)[C@H](C(C)C)N(C)C(C)C)C(C)C. The number of likely N-dealkylation sites (N-methyl/N-ethyl adjacent to an activating group) is 2. The van der Waals surface area contributed by atoms with Crippen LogP contribution in [0.15, 0.2) is 30.3 Å². The Morgan fingerprint density at radius 3 is 2.00 bits per heavy atom. The lowest BCUT2D eigenvalue weighted by Gasteiger charge is -2.41. The average molecular weight is 880 g/mol. The molecule has 15 heteroatoms. The monoisotopic (exact) mass is 880 g/mol. The fourth-order valence-electron chi connectivity index (χ4n) is 8.87. The van der Waals surface area contributed by atoms with Crippen molar-refractivity contribution in [1.29, 1.82) is 0 Å². The van der Waals surface area contributed by atoms with Crippen LogP contribution in [0.1, 0.15) is 106 Å². The maximum absolute atomic E-state index is 14.5. The van der Waals surface area contributed by atoms with Crippen molar-refractivity contribution in [3.05, 3.63) is 35.9 Å². The third-order valence-electron chi connectivity index (χ3n) is 12.8. The van der Waals surface area contributed by atoms with Crippen LogP contribution in [-0.4, -0.2) is 141 Å². The van der Waals surface area contributed by atoms with Crippen molar-refractivity contribution in [3.8, 4) is 0 Å². The van der Waals surface area contributed by atoms with Gasteiger partial charge in [0.15, 0.2) is 5.78 Å². The zero-order valence-corrected chi connectivity index (χ0v) is 40.0. The van der Waals surface area contributed by atoms with Gasteiger partial charge in [0.05, 0.1) is 42.7 Å². The summed E-state index contributed by atoms with van der Waals surface area (Å²) in [7, 11) is 2.38. The summed E-state index contributed by atoms with van der Waals surface area (Å²) in [5, 5.41) is 0. The van der Waals surface area contributed by atoms with Crippen LogP contribution in [0.4, 0.5) is 0 Å². The molecule has 1 saturated heterocycles. The number of carbonyl (C=O) groups is 5. The van der Waals surface area contributed by atoms with E-state index >= 15 is 0 Å². The van der Waals surface area contributed by atoms with Crippen molar-refractivity contribution in [2.45, 2.75) is 144 Å². The number of hydrogen-bond donors (Lipinski definition) is 1. The predicted octanol–water partition coefficient (Wildman–Crippen LogP) is 5.75. The molecular formula is C46H77N3O11S. The Hall–Kier alpha value is -3.24. The van der Waals surface area contributed by atoms with Gasteiger partial charge < -0.3 is 24.0 Å². The van der Waals surface area contributed by atoms with E-state index in [1.807, 2.05) is 78.9 Å². The number of esters is 1. The molecule has 14 nitrogen and oxygen atoms in total. The second-order valence-electron chi connectivity index (χ2n) is 18.1. The van der Waals surface area contributed by atoms with Crippen LogP contribution in [0.3, 0.4) is 0 Å². The molecule has 1 heterocycles. The molecule has 1 aromatic carbocycles. The van der Waals surface area contributed by atoms with Gasteiger partial charge >= 0.3 is 5.97 Å². The normalized spacial score (nSPS) is 18.7. The Kier molecular flexibility index (Phi) is 22.2. The molecule has 0 radical (unpaired) electrons. The highest BCUT2D eigenvalue weighted by Gasteiger charge is 2.44. The molecule has 1 aliphatic rings. The summed E-state index contributed by atoms with van der Waals surface area (Å²) < 4.78 is 48.8. The third kappa shape index (κ3) is 15.8. The lowest BCUT2D eigenvalue weighted by Crippen LogP contribution is -2.54. The molecule has 0 aliphatic carbocycles. The maximum Gasteiger partial charge on any atom is 0.309 e. The van der Waals surface area contributed by atoms with E-state index in [4.69, 9.17) is 18.8 Å². The Morgan fingerprint density at radius 2 is 1.49 bits per heavy atom. The maximum atomic E-state index is 14.5. The van der Waals surface area contributed by atoms with Crippen molar-refractivity contribution in [3.63, 3.8) is 0 Å². The van der Waals surface area contributed by atoms with Gasteiger partial charge in [-0.25, -0.2) is 0 Å². The standard InChI is InChI=1S/C46H77N3O11S/c1-14-32(8)43(48(11)45(53)36(29(2)3)27-39(51)42(30(4)5)47(10)31(6)7)40(58-12)28-41(52)49-22-18-21-37(49)44(59-13)33(9)38(50)26-35(25-34-19-16-15-17-20-34)46(54)60-23-24-61(55,56)57/h15-17,19-20,29-33,35-37,40,42-44H,14,18,21-28H2,1-13H3,(H,55,56,57)/t32-,33-,35+,36-,37-,40+,42-,43-,44+/m0/s1. The molecule has 0 bridgehead atoms. The first kappa shape index (κ1) is 53.9. The quantitative estimate of drug-likeness (QED) is 0.0838. The molecule has 348 valence electrons. The van der Waals surface area contributed by atoms with E-state index in [0.29, 0.717) is 25.8 Å². The van der Waals surface area contributed by atoms with Crippen LogP contribution >= 0.6 is 0 Å². The van der Waals surface area contributed by atoms with E-state index in [-0.39, 0.29) is 78.9 Å². The van der Waals surface area contributed by atoms with Gasteiger partial charge in [-0.2, -0.15) is 8.42 Å².